The monoisotopic (exact) mass is 452 g/mol. The summed E-state index contributed by atoms with van der Waals surface area (Å²) in [7, 11) is 1.67. The molecule has 1 fully saturated rings. The van der Waals surface area contributed by atoms with E-state index in [-0.39, 0.29) is 11.8 Å². The number of benzene rings is 1. The summed E-state index contributed by atoms with van der Waals surface area (Å²) < 4.78 is 7.18. The second-order valence-corrected chi connectivity index (χ2v) is 8.70. The van der Waals surface area contributed by atoms with Crippen LogP contribution in [0.1, 0.15) is 51.6 Å². The van der Waals surface area contributed by atoms with Crippen molar-refractivity contribution in [3.05, 3.63) is 83.1 Å². The van der Waals surface area contributed by atoms with Crippen molar-refractivity contribution < 1.29 is 9.53 Å². The van der Waals surface area contributed by atoms with Gasteiger partial charge in [-0.3, -0.25) is 9.78 Å². The fourth-order valence-corrected chi connectivity index (χ4v) is 4.52. The molecule has 3 aromatic heterocycles. The van der Waals surface area contributed by atoms with Gasteiger partial charge in [-0.2, -0.15) is 5.10 Å². The molecule has 1 amide bonds. The molecule has 0 unspecified atom stereocenters. The third-order valence-electron chi connectivity index (χ3n) is 6.45. The van der Waals surface area contributed by atoms with E-state index in [1.165, 1.54) is 5.56 Å². The first-order valence-corrected chi connectivity index (χ1v) is 11.5. The Kier molecular flexibility index (Phi) is 5.05. The highest BCUT2D eigenvalue weighted by Gasteiger charge is 2.34. The number of nitrogens with one attached hydrogen (secondary N) is 1. The van der Waals surface area contributed by atoms with Gasteiger partial charge in [-0.25, -0.2) is 14.6 Å². The zero-order chi connectivity index (χ0) is 23.1. The number of amides is 1. The Morgan fingerprint density at radius 2 is 2.00 bits per heavy atom. The number of hydrogen-bond acceptors (Lipinski definition) is 6. The van der Waals surface area contributed by atoms with E-state index >= 15 is 0 Å². The van der Waals surface area contributed by atoms with Crippen LogP contribution in [0.4, 0.5) is 0 Å². The fourth-order valence-electron chi connectivity index (χ4n) is 4.52. The van der Waals surface area contributed by atoms with Crippen LogP contribution < -0.4 is 10.1 Å². The summed E-state index contributed by atoms with van der Waals surface area (Å²) in [6, 6.07) is 11.8. The lowest BCUT2D eigenvalue weighted by atomic mass is 9.90. The molecular weight excluding hydrogens is 428 g/mol. The van der Waals surface area contributed by atoms with Gasteiger partial charge < -0.3 is 10.1 Å². The van der Waals surface area contributed by atoms with Crippen LogP contribution in [-0.2, 0) is 19.4 Å². The fraction of sp³-hybridized carbons (Fsp3) is 0.269. The molecule has 2 aliphatic rings. The van der Waals surface area contributed by atoms with Crippen LogP contribution in [0.2, 0.25) is 0 Å². The number of methoxy groups -OCH3 is 1. The Morgan fingerprint density at radius 3 is 2.79 bits per heavy atom. The van der Waals surface area contributed by atoms with Gasteiger partial charge in [-0.05, 0) is 61.1 Å². The second-order valence-electron chi connectivity index (χ2n) is 8.70. The van der Waals surface area contributed by atoms with Gasteiger partial charge in [0.25, 0.3) is 11.9 Å². The van der Waals surface area contributed by atoms with Crippen LogP contribution in [-0.4, -0.2) is 37.7 Å². The van der Waals surface area contributed by atoms with Crippen LogP contribution >= 0.6 is 0 Å². The molecule has 0 spiro atoms. The smallest absolute Gasteiger partial charge is 0.255 e. The zero-order valence-corrected chi connectivity index (χ0v) is 18.9. The highest BCUT2D eigenvalue weighted by atomic mass is 16.5. The lowest BCUT2D eigenvalue weighted by Crippen LogP contribution is -2.24. The topological polar surface area (TPSA) is 94.8 Å². The normalized spacial score (nSPS) is 14.3. The van der Waals surface area contributed by atoms with Gasteiger partial charge in [0, 0.05) is 23.9 Å². The van der Waals surface area contributed by atoms with Crippen LogP contribution in [0.5, 0.6) is 5.75 Å². The number of ether oxygens (including phenoxy) is 1. The number of carbonyl (C=O) groups is 1. The van der Waals surface area contributed by atoms with Crippen molar-refractivity contribution >= 4 is 5.91 Å². The number of hydrogen-bond donors (Lipinski definition) is 1. The van der Waals surface area contributed by atoms with Gasteiger partial charge in [-0.15, -0.1) is 0 Å². The van der Waals surface area contributed by atoms with E-state index in [9.17, 15) is 4.79 Å². The summed E-state index contributed by atoms with van der Waals surface area (Å²) in [5.74, 6) is 1.41. The summed E-state index contributed by atoms with van der Waals surface area (Å²) in [6.07, 6.45) is 9.13. The molecule has 1 N–H and O–H groups in total. The quantitative estimate of drug-likeness (QED) is 0.480. The van der Waals surface area contributed by atoms with Crippen molar-refractivity contribution in [2.75, 3.05) is 7.11 Å². The molecule has 0 bridgehead atoms. The highest BCUT2D eigenvalue weighted by Crippen LogP contribution is 2.42. The van der Waals surface area contributed by atoms with E-state index in [0.717, 1.165) is 59.6 Å². The van der Waals surface area contributed by atoms with Crippen molar-refractivity contribution in [3.8, 4) is 23.0 Å². The first-order valence-electron chi connectivity index (χ1n) is 11.5. The Bertz CT molecular complexity index is 1380. The van der Waals surface area contributed by atoms with Crippen LogP contribution in [0.3, 0.4) is 0 Å². The first kappa shape index (κ1) is 20.5. The third kappa shape index (κ3) is 3.71. The van der Waals surface area contributed by atoms with Gasteiger partial charge in [0.05, 0.1) is 42.5 Å². The van der Waals surface area contributed by atoms with E-state index in [1.54, 1.807) is 24.2 Å². The molecule has 34 heavy (non-hydrogen) atoms. The third-order valence-corrected chi connectivity index (χ3v) is 6.45. The number of aryl methyl sites for hydroxylation is 2. The molecule has 1 aromatic carbocycles. The SMILES string of the molecule is COc1ccc2c(c1)-c1nc(-n3ncc(C(=O)NCc4ccccn4)c3C3CC3)ncc1CC2. The molecule has 0 radical (unpaired) electrons. The second kappa shape index (κ2) is 8.37. The van der Waals surface area contributed by atoms with Gasteiger partial charge in [0.2, 0.25) is 0 Å². The number of nitrogens with zero attached hydrogens (tertiary/aromatic N) is 5. The molecule has 8 heteroatoms. The lowest BCUT2D eigenvalue weighted by molar-refractivity contribution is 0.0949. The van der Waals surface area contributed by atoms with Crippen LogP contribution in [0.15, 0.2) is 55.0 Å². The minimum Gasteiger partial charge on any atom is -0.497 e. The van der Waals surface area contributed by atoms with Crippen molar-refractivity contribution in [2.45, 2.75) is 38.1 Å². The average molecular weight is 453 g/mol. The summed E-state index contributed by atoms with van der Waals surface area (Å²) in [6.45, 7) is 0.364. The Balaban J connectivity index is 1.35. The number of pyridine rings is 1. The number of carbonyl (C=O) groups excluding carboxylic acids is 1. The highest BCUT2D eigenvalue weighted by molar-refractivity contribution is 5.95. The van der Waals surface area contributed by atoms with Crippen molar-refractivity contribution in [2.24, 2.45) is 0 Å². The standard InChI is InChI=1S/C26H24N6O2/c1-34-20-10-9-16-5-8-18-13-29-26(31-23(18)21(16)12-20)32-24(17-6-7-17)22(15-30-32)25(33)28-14-19-4-2-3-11-27-19/h2-4,9-13,15,17H,5-8,14H2,1H3,(H,28,33). The van der Waals surface area contributed by atoms with Gasteiger partial charge >= 0.3 is 0 Å². The Labute approximate surface area is 197 Å². The van der Waals surface area contributed by atoms with Gasteiger partial charge in [0.15, 0.2) is 0 Å². The summed E-state index contributed by atoms with van der Waals surface area (Å²) >= 11 is 0. The first-order chi connectivity index (χ1) is 16.7. The molecule has 0 saturated heterocycles. The molecule has 0 atom stereocenters. The maximum atomic E-state index is 13.0. The molecule has 2 aliphatic carbocycles. The lowest BCUT2D eigenvalue weighted by Gasteiger charge is -2.20. The molecular formula is C26H24N6O2. The maximum absolute atomic E-state index is 13.0. The number of aromatic nitrogens is 5. The van der Waals surface area contributed by atoms with Crippen molar-refractivity contribution in [1.29, 1.82) is 0 Å². The largest absolute Gasteiger partial charge is 0.497 e. The van der Waals surface area contributed by atoms with E-state index in [0.29, 0.717) is 18.1 Å². The minimum atomic E-state index is -0.160. The van der Waals surface area contributed by atoms with Crippen LogP contribution in [0, 0.1) is 0 Å². The van der Waals surface area contributed by atoms with Crippen LogP contribution in [0.25, 0.3) is 17.2 Å². The molecule has 8 nitrogen and oxygen atoms in total. The molecule has 3 heterocycles. The summed E-state index contributed by atoms with van der Waals surface area (Å²) in [5.41, 5.74) is 6.58. The molecule has 4 aromatic rings. The Morgan fingerprint density at radius 1 is 1.12 bits per heavy atom. The number of rotatable bonds is 6. The van der Waals surface area contributed by atoms with E-state index < -0.39 is 0 Å². The summed E-state index contributed by atoms with van der Waals surface area (Å²) in [5, 5.41) is 7.52. The molecule has 0 aliphatic heterocycles. The van der Waals surface area contributed by atoms with Crippen molar-refractivity contribution in [3.63, 3.8) is 0 Å². The van der Waals surface area contributed by atoms with E-state index in [1.807, 2.05) is 36.5 Å². The molecule has 1 saturated carbocycles. The molecule has 6 rings (SSSR count). The van der Waals surface area contributed by atoms with Gasteiger partial charge in [0.1, 0.15) is 5.75 Å². The van der Waals surface area contributed by atoms with Crippen molar-refractivity contribution in [1.82, 2.24) is 30.0 Å². The predicted molar refractivity (Wildman–Crippen MR) is 126 cm³/mol. The average Bonchev–Trinajstić information content (AvgIpc) is 3.64. The Hall–Kier alpha value is -4.07. The van der Waals surface area contributed by atoms with E-state index in [2.05, 4.69) is 26.4 Å². The maximum Gasteiger partial charge on any atom is 0.255 e. The van der Waals surface area contributed by atoms with Gasteiger partial charge in [-0.1, -0.05) is 12.1 Å². The predicted octanol–water partition coefficient (Wildman–Crippen LogP) is 3.64. The van der Waals surface area contributed by atoms with E-state index in [4.69, 9.17) is 9.72 Å². The minimum absolute atomic E-state index is 0.160. The molecule has 170 valence electrons. The summed E-state index contributed by atoms with van der Waals surface area (Å²) in [4.78, 5) is 26.9. The zero-order valence-electron chi connectivity index (χ0n) is 18.9. The number of fused-ring (bicyclic) bond motifs is 3.